The molecule has 0 aliphatic heterocycles. The van der Waals surface area contributed by atoms with Crippen LogP contribution < -0.4 is 5.32 Å². The lowest BCUT2D eigenvalue weighted by molar-refractivity contribution is 0.0939. The second-order valence-corrected chi connectivity index (χ2v) is 5.61. The predicted octanol–water partition coefficient (Wildman–Crippen LogP) is 4.93. The van der Waals surface area contributed by atoms with Crippen LogP contribution in [0.1, 0.15) is 34.5 Å². The van der Waals surface area contributed by atoms with Crippen LogP contribution in [-0.4, -0.2) is 5.91 Å². The quantitative estimate of drug-likeness (QED) is 0.796. The highest BCUT2D eigenvalue weighted by Crippen LogP contribution is 2.25. The van der Waals surface area contributed by atoms with Crippen molar-refractivity contribution in [2.24, 2.45) is 0 Å². The van der Waals surface area contributed by atoms with E-state index in [0.29, 0.717) is 0 Å². The Morgan fingerprint density at radius 3 is 2.52 bits per heavy atom. The van der Waals surface area contributed by atoms with Gasteiger partial charge in [0.25, 0.3) is 5.91 Å². The van der Waals surface area contributed by atoms with Crippen LogP contribution in [0, 0.1) is 12.7 Å². The molecule has 0 aromatic heterocycles. The van der Waals surface area contributed by atoms with Gasteiger partial charge in [0.1, 0.15) is 5.82 Å². The van der Waals surface area contributed by atoms with E-state index < -0.39 is 11.7 Å². The van der Waals surface area contributed by atoms with Crippen LogP contribution in [0.25, 0.3) is 0 Å². The van der Waals surface area contributed by atoms with E-state index in [2.05, 4.69) is 5.32 Å². The molecule has 2 aromatic rings. The fourth-order valence-electron chi connectivity index (χ4n) is 2.12. The molecule has 5 heteroatoms. The predicted molar refractivity (Wildman–Crippen MR) is 83.5 cm³/mol. The molecule has 1 unspecified atom stereocenters. The Kier molecular flexibility index (Phi) is 4.86. The molecule has 1 N–H and O–H groups in total. The largest absolute Gasteiger partial charge is 0.345 e. The van der Waals surface area contributed by atoms with Crippen LogP contribution in [0.4, 0.5) is 4.39 Å². The standard InChI is InChI=1S/C16H14Cl2FNO/c1-9-5-3-4-6-11(9)10(2)20-16(21)12-7-15(19)14(18)8-13(12)17/h3-8,10H,1-2H3,(H,20,21). The minimum atomic E-state index is -0.672. The van der Waals surface area contributed by atoms with E-state index in [9.17, 15) is 9.18 Å². The zero-order valence-electron chi connectivity index (χ0n) is 11.6. The van der Waals surface area contributed by atoms with Crippen molar-refractivity contribution in [3.8, 4) is 0 Å². The molecule has 0 aliphatic rings. The first-order valence-electron chi connectivity index (χ1n) is 6.41. The summed E-state index contributed by atoms with van der Waals surface area (Å²) in [6, 6.07) is 9.79. The van der Waals surface area contributed by atoms with Crippen LogP contribution in [0.2, 0.25) is 10.0 Å². The Hall–Kier alpha value is -1.58. The van der Waals surface area contributed by atoms with Gasteiger partial charge in [0.05, 0.1) is 21.7 Å². The molecule has 2 aromatic carbocycles. The molecule has 0 fully saturated rings. The van der Waals surface area contributed by atoms with Gasteiger partial charge >= 0.3 is 0 Å². The van der Waals surface area contributed by atoms with Crippen LogP contribution in [0.3, 0.4) is 0 Å². The average Bonchev–Trinajstić information content (AvgIpc) is 2.43. The van der Waals surface area contributed by atoms with Gasteiger partial charge in [-0.1, -0.05) is 47.5 Å². The number of rotatable bonds is 3. The van der Waals surface area contributed by atoms with Crippen LogP contribution in [-0.2, 0) is 0 Å². The van der Waals surface area contributed by atoms with E-state index in [0.717, 1.165) is 17.2 Å². The smallest absolute Gasteiger partial charge is 0.253 e. The summed E-state index contributed by atoms with van der Waals surface area (Å²) in [5.41, 5.74) is 2.13. The number of carbonyl (C=O) groups excluding carboxylic acids is 1. The summed E-state index contributed by atoms with van der Waals surface area (Å²) in [6.07, 6.45) is 0. The highest BCUT2D eigenvalue weighted by molar-refractivity contribution is 6.36. The van der Waals surface area contributed by atoms with Gasteiger partial charge in [0.2, 0.25) is 0 Å². The zero-order chi connectivity index (χ0) is 15.6. The van der Waals surface area contributed by atoms with Crippen molar-refractivity contribution in [1.29, 1.82) is 0 Å². The third-order valence-corrected chi connectivity index (χ3v) is 3.86. The Bertz CT molecular complexity index is 688. The highest BCUT2D eigenvalue weighted by Gasteiger charge is 2.17. The van der Waals surface area contributed by atoms with Gasteiger partial charge in [0.15, 0.2) is 0 Å². The summed E-state index contributed by atoms with van der Waals surface area (Å²) < 4.78 is 13.5. The van der Waals surface area contributed by atoms with Crippen molar-refractivity contribution < 1.29 is 9.18 Å². The number of nitrogens with one attached hydrogen (secondary N) is 1. The minimum Gasteiger partial charge on any atom is -0.345 e. The molecule has 1 atom stereocenters. The average molecular weight is 326 g/mol. The van der Waals surface area contributed by atoms with Gasteiger partial charge < -0.3 is 5.32 Å². The number of hydrogen-bond acceptors (Lipinski definition) is 1. The van der Waals surface area contributed by atoms with Crippen molar-refractivity contribution in [3.63, 3.8) is 0 Å². The van der Waals surface area contributed by atoms with E-state index in [1.807, 2.05) is 38.1 Å². The lowest BCUT2D eigenvalue weighted by Crippen LogP contribution is -2.27. The van der Waals surface area contributed by atoms with Gasteiger partial charge in [-0.15, -0.1) is 0 Å². The first-order valence-corrected chi connectivity index (χ1v) is 7.16. The van der Waals surface area contributed by atoms with E-state index in [-0.39, 0.29) is 21.7 Å². The van der Waals surface area contributed by atoms with E-state index in [4.69, 9.17) is 23.2 Å². The molecule has 0 saturated heterocycles. The van der Waals surface area contributed by atoms with Crippen molar-refractivity contribution in [2.75, 3.05) is 0 Å². The van der Waals surface area contributed by atoms with E-state index >= 15 is 0 Å². The first kappa shape index (κ1) is 15.8. The number of amides is 1. The van der Waals surface area contributed by atoms with Crippen LogP contribution >= 0.6 is 23.2 Å². The Morgan fingerprint density at radius 2 is 1.86 bits per heavy atom. The maximum atomic E-state index is 13.5. The molecule has 1 amide bonds. The van der Waals surface area contributed by atoms with Crippen molar-refractivity contribution in [1.82, 2.24) is 5.32 Å². The maximum absolute atomic E-state index is 13.5. The molecule has 0 aliphatic carbocycles. The van der Waals surface area contributed by atoms with Crippen molar-refractivity contribution in [2.45, 2.75) is 19.9 Å². The molecule has 2 nitrogen and oxygen atoms in total. The lowest BCUT2D eigenvalue weighted by atomic mass is 10.0. The molecule has 0 heterocycles. The van der Waals surface area contributed by atoms with Crippen LogP contribution in [0.5, 0.6) is 0 Å². The Balaban J connectivity index is 2.22. The lowest BCUT2D eigenvalue weighted by Gasteiger charge is -2.17. The third-order valence-electron chi connectivity index (χ3n) is 3.26. The van der Waals surface area contributed by atoms with Crippen LogP contribution in [0.15, 0.2) is 36.4 Å². The monoisotopic (exact) mass is 325 g/mol. The van der Waals surface area contributed by atoms with Gasteiger partial charge in [0, 0.05) is 0 Å². The number of aryl methyl sites for hydroxylation is 1. The third kappa shape index (κ3) is 3.55. The SMILES string of the molecule is Cc1ccccc1C(C)NC(=O)c1cc(F)c(Cl)cc1Cl. The molecular formula is C16H14Cl2FNO. The summed E-state index contributed by atoms with van der Waals surface area (Å²) >= 11 is 11.6. The first-order chi connectivity index (χ1) is 9.90. The highest BCUT2D eigenvalue weighted by atomic mass is 35.5. The molecule has 110 valence electrons. The topological polar surface area (TPSA) is 29.1 Å². The maximum Gasteiger partial charge on any atom is 0.253 e. The molecule has 0 bridgehead atoms. The molecular weight excluding hydrogens is 312 g/mol. The summed E-state index contributed by atoms with van der Waals surface area (Å²) in [5.74, 6) is -1.11. The van der Waals surface area contributed by atoms with Crippen molar-refractivity contribution in [3.05, 3.63) is 69.0 Å². The fourth-order valence-corrected chi connectivity index (χ4v) is 2.59. The van der Waals surface area contributed by atoms with E-state index in [1.54, 1.807) is 0 Å². The fraction of sp³-hybridized carbons (Fsp3) is 0.188. The number of halogens is 3. The number of benzene rings is 2. The Labute approximate surface area is 132 Å². The Morgan fingerprint density at radius 1 is 1.19 bits per heavy atom. The normalized spacial score (nSPS) is 12.0. The summed E-state index contributed by atoms with van der Waals surface area (Å²) in [7, 11) is 0. The van der Waals surface area contributed by atoms with Gasteiger partial charge in [-0.3, -0.25) is 4.79 Å². The molecule has 2 rings (SSSR count). The second-order valence-electron chi connectivity index (χ2n) is 4.80. The summed E-state index contributed by atoms with van der Waals surface area (Å²) in [4.78, 5) is 12.2. The van der Waals surface area contributed by atoms with Gasteiger partial charge in [-0.25, -0.2) is 4.39 Å². The van der Waals surface area contributed by atoms with E-state index in [1.165, 1.54) is 6.07 Å². The number of hydrogen-bond donors (Lipinski definition) is 1. The van der Waals surface area contributed by atoms with Crippen molar-refractivity contribution >= 4 is 29.1 Å². The molecule has 0 radical (unpaired) electrons. The molecule has 21 heavy (non-hydrogen) atoms. The second kappa shape index (κ2) is 6.46. The molecule has 0 spiro atoms. The summed E-state index contributed by atoms with van der Waals surface area (Å²) in [6.45, 7) is 3.83. The van der Waals surface area contributed by atoms with Gasteiger partial charge in [-0.2, -0.15) is 0 Å². The minimum absolute atomic E-state index is 0.0685. The number of carbonyl (C=O) groups is 1. The summed E-state index contributed by atoms with van der Waals surface area (Å²) in [5, 5.41) is 2.82. The molecule has 0 saturated carbocycles. The zero-order valence-corrected chi connectivity index (χ0v) is 13.1. The van der Waals surface area contributed by atoms with Gasteiger partial charge in [-0.05, 0) is 37.1 Å².